The largest absolute Gasteiger partial charge is 0.399 e. The van der Waals surface area contributed by atoms with Crippen LogP contribution in [0.15, 0.2) is 0 Å². The van der Waals surface area contributed by atoms with Crippen molar-refractivity contribution in [2.45, 2.75) is 19.4 Å². The summed E-state index contributed by atoms with van der Waals surface area (Å²) in [5.74, 6) is 0. The van der Waals surface area contributed by atoms with E-state index in [1.54, 1.807) is 6.92 Å². The van der Waals surface area contributed by atoms with Crippen molar-refractivity contribution in [1.29, 1.82) is 0 Å². The van der Waals surface area contributed by atoms with E-state index in [2.05, 4.69) is 8.37 Å². The Labute approximate surface area is 66.3 Å². The number of hydrogen-bond donors (Lipinski definition) is 1. The van der Waals surface area contributed by atoms with Crippen molar-refractivity contribution in [2.24, 2.45) is 0 Å². The van der Waals surface area contributed by atoms with E-state index in [9.17, 15) is 8.42 Å². The topological polar surface area (TPSA) is 72.8 Å². The minimum Gasteiger partial charge on any atom is -0.391 e. The minimum atomic E-state index is -3.88. The molecule has 6 heteroatoms. The van der Waals surface area contributed by atoms with E-state index >= 15 is 0 Å². The zero-order valence-electron chi connectivity index (χ0n) is 6.48. The van der Waals surface area contributed by atoms with Crippen LogP contribution >= 0.6 is 0 Å². The molecule has 0 aromatic carbocycles. The predicted octanol–water partition coefficient (Wildman–Crippen LogP) is -0.335. The van der Waals surface area contributed by atoms with Gasteiger partial charge in [-0.1, -0.05) is 6.92 Å². The Kier molecular flexibility index (Phi) is 4.58. The van der Waals surface area contributed by atoms with Gasteiger partial charge in [-0.2, -0.15) is 8.42 Å². The Morgan fingerprint density at radius 2 is 2.09 bits per heavy atom. The number of rotatable bonds is 5. The first-order valence-electron chi connectivity index (χ1n) is 3.15. The summed E-state index contributed by atoms with van der Waals surface area (Å²) in [5.41, 5.74) is 0. The molecule has 1 atom stereocenters. The standard InChI is InChI=1S/C5H12O5S/c1-3-5(6)4-10-11(7,8)9-2/h5-6H,3-4H2,1-2H3. The lowest BCUT2D eigenvalue weighted by Crippen LogP contribution is -2.18. The first kappa shape index (κ1) is 10.8. The third-order valence-electron chi connectivity index (χ3n) is 1.08. The monoisotopic (exact) mass is 184 g/mol. The van der Waals surface area contributed by atoms with Crippen LogP contribution in [-0.4, -0.2) is 33.3 Å². The minimum absolute atomic E-state index is 0.257. The highest BCUT2D eigenvalue weighted by molar-refractivity contribution is 7.81. The Morgan fingerprint density at radius 1 is 1.55 bits per heavy atom. The molecule has 0 saturated heterocycles. The molecule has 0 aliphatic heterocycles. The third kappa shape index (κ3) is 5.14. The van der Waals surface area contributed by atoms with Crippen LogP contribution in [0.25, 0.3) is 0 Å². The fourth-order valence-electron chi connectivity index (χ4n) is 0.328. The van der Waals surface area contributed by atoms with Crippen molar-refractivity contribution in [3.63, 3.8) is 0 Å². The van der Waals surface area contributed by atoms with Crippen molar-refractivity contribution >= 4 is 10.4 Å². The van der Waals surface area contributed by atoms with Crippen LogP contribution in [0.5, 0.6) is 0 Å². The van der Waals surface area contributed by atoms with Crippen LogP contribution in [0.4, 0.5) is 0 Å². The molecule has 0 aliphatic rings. The highest BCUT2D eigenvalue weighted by Gasteiger charge is 2.11. The van der Waals surface area contributed by atoms with E-state index in [4.69, 9.17) is 5.11 Å². The predicted molar refractivity (Wildman–Crippen MR) is 38.2 cm³/mol. The molecule has 0 aliphatic carbocycles. The molecule has 0 amide bonds. The lowest BCUT2D eigenvalue weighted by atomic mass is 10.3. The summed E-state index contributed by atoms with van der Waals surface area (Å²) < 4.78 is 29.1. The van der Waals surface area contributed by atoms with E-state index in [1.807, 2.05) is 0 Å². The SMILES string of the molecule is CCC(O)COS(=O)(=O)OC. The summed E-state index contributed by atoms with van der Waals surface area (Å²) in [5, 5.41) is 8.87. The van der Waals surface area contributed by atoms with Gasteiger partial charge in [0, 0.05) is 0 Å². The first-order valence-corrected chi connectivity index (χ1v) is 4.48. The summed E-state index contributed by atoms with van der Waals surface area (Å²) >= 11 is 0. The second-order valence-electron chi connectivity index (χ2n) is 1.92. The molecule has 0 heterocycles. The average Bonchev–Trinajstić information content (AvgIpc) is 2.00. The summed E-state index contributed by atoms with van der Waals surface area (Å²) in [6.07, 6.45) is -0.320. The van der Waals surface area contributed by atoms with Gasteiger partial charge in [-0.05, 0) is 6.42 Å². The van der Waals surface area contributed by atoms with Crippen LogP contribution in [0.2, 0.25) is 0 Å². The third-order valence-corrected chi connectivity index (χ3v) is 1.91. The van der Waals surface area contributed by atoms with Crippen LogP contribution in [0.3, 0.4) is 0 Å². The smallest absolute Gasteiger partial charge is 0.391 e. The number of hydrogen-bond acceptors (Lipinski definition) is 5. The molecule has 1 N–H and O–H groups in total. The number of aliphatic hydroxyl groups excluding tert-OH is 1. The van der Waals surface area contributed by atoms with E-state index in [1.165, 1.54) is 0 Å². The van der Waals surface area contributed by atoms with Crippen LogP contribution in [-0.2, 0) is 18.8 Å². The lowest BCUT2D eigenvalue weighted by molar-refractivity contribution is 0.0971. The molecule has 0 fully saturated rings. The van der Waals surface area contributed by atoms with Gasteiger partial charge in [0.15, 0.2) is 0 Å². The molecule has 0 rings (SSSR count). The van der Waals surface area contributed by atoms with Crippen molar-refractivity contribution in [2.75, 3.05) is 13.7 Å². The van der Waals surface area contributed by atoms with Crippen LogP contribution < -0.4 is 0 Å². The fourth-order valence-corrected chi connectivity index (χ4v) is 0.748. The molecular formula is C5H12O5S. The highest BCUT2D eigenvalue weighted by atomic mass is 32.3. The van der Waals surface area contributed by atoms with Gasteiger partial charge in [-0.25, -0.2) is 4.18 Å². The molecule has 0 saturated carbocycles. The van der Waals surface area contributed by atoms with Gasteiger partial charge in [-0.15, -0.1) is 0 Å². The van der Waals surface area contributed by atoms with Crippen molar-refractivity contribution in [3.05, 3.63) is 0 Å². The molecule has 0 spiro atoms. The Morgan fingerprint density at radius 3 is 2.45 bits per heavy atom. The second kappa shape index (κ2) is 4.66. The Hall–Kier alpha value is -0.170. The lowest BCUT2D eigenvalue weighted by Gasteiger charge is -2.06. The van der Waals surface area contributed by atoms with Gasteiger partial charge in [0.05, 0.1) is 19.8 Å². The van der Waals surface area contributed by atoms with Crippen molar-refractivity contribution in [3.8, 4) is 0 Å². The summed E-state index contributed by atoms with van der Waals surface area (Å²) in [6, 6.07) is 0. The first-order chi connectivity index (χ1) is 5.02. The molecule has 0 bridgehead atoms. The van der Waals surface area contributed by atoms with Crippen LogP contribution in [0, 0.1) is 0 Å². The zero-order valence-corrected chi connectivity index (χ0v) is 7.30. The molecule has 68 valence electrons. The van der Waals surface area contributed by atoms with Crippen LogP contribution in [0.1, 0.15) is 13.3 Å². The molecule has 0 aromatic heterocycles. The molecule has 5 nitrogen and oxygen atoms in total. The molecule has 1 unspecified atom stereocenters. The molecular weight excluding hydrogens is 172 g/mol. The average molecular weight is 184 g/mol. The quantitative estimate of drug-likeness (QED) is 0.633. The number of aliphatic hydroxyl groups is 1. The van der Waals surface area contributed by atoms with Gasteiger partial charge in [-0.3, -0.25) is 4.18 Å². The van der Waals surface area contributed by atoms with Gasteiger partial charge >= 0.3 is 10.4 Å². The highest BCUT2D eigenvalue weighted by Crippen LogP contribution is 1.97. The second-order valence-corrected chi connectivity index (χ2v) is 3.31. The maximum atomic E-state index is 10.5. The van der Waals surface area contributed by atoms with E-state index in [-0.39, 0.29) is 6.61 Å². The summed E-state index contributed by atoms with van der Waals surface area (Å²) in [7, 11) is -2.89. The molecule has 11 heavy (non-hydrogen) atoms. The normalized spacial score (nSPS) is 14.8. The zero-order chi connectivity index (χ0) is 8.91. The van der Waals surface area contributed by atoms with E-state index < -0.39 is 16.5 Å². The van der Waals surface area contributed by atoms with Gasteiger partial charge in [0.25, 0.3) is 0 Å². The molecule has 0 aromatic rings. The van der Waals surface area contributed by atoms with Gasteiger partial charge < -0.3 is 5.11 Å². The maximum absolute atomic E-state index is 10.5. The van der Waals surface area contributed by atoms with Gasteiger partial charge in [0.2, 0.25) is 0 Å². The maximum Gasteiger partial charge on any atom is 0.399 e. The van der Waals surface area contributed by atoms with Crippen molar-refractivity contribution < 1.29 is 21.9 Å². The summed E-state index contributed by atoms with van der Waals surface area (Å²) in [4.78, 5) is 0. The molecule has 0 radical (unpaired) electrons. The van der Waals surface area contributed by atoms with Crippen molar-refractivity contribution in [1.82, 2.24) is 0 Å². The fraction of sp³-hybridized carbons (Fsp3) is 1.00. The van der Waals surface area contributed by atoms with E-state index in [0.29, 0.717) is 6.42 Å². The van der Waals surface area contributed by atoms with E-state index in [0.717, 1.165) is 7.11 Å². The Bertz CT molecular complexity index is 185. The van der Waals surface area contributed by atoms with Gasteiger partial charge in [0.1, 0.15) is 0 Å². The Balaban J connectivity index is 3.71. The summed E-state index contributed by atoms with van der Waals surface area (Å²) in [6.45, 7) is 1.46.